The Hall–Kier alpha value is -1.08. The average Bonchev–Trinajstić information content (AvgIpc) is 2.44. The predicted molar refractivity (Wildman–Crippen MR) is 100 cm³/mol. The molecule has 126 valence electrons. The first kappa shape index (κ1) is 20.9. The van der Waals surface area contributed by atoms with Crippen molar-refractivity contribution in [3.8, 4) is 0 Å². The first-order valence-corrected chi connectivity index (χ1v) is 8.55. The minimum absolute atomic E-state index is 0.728. The van der Waals surface area contributed by atoms with Crippen LogP contribution in [0.1, 0.15) is 73.1 Å². The second-order valence-corrected chi connectivity index (χ2v) is 6.50. The van der Waals surface area contributed by atoms with E-state index in [9.17, 15) is 0 Å². The zero-order chi connectivity index (χ0) is 16.8. The molecule has 0 aliphatic heterocycles. The second kappa shape index (κ2) is 13.6. The summed E-state index contributed by atoms with van der Waals surface area (Å²) in [7, 11) is 1.74. The smallest absolute Gasteiger partial charge is 0.0646 e. The molecule has 0 saturated carbocycles. The molecule has 0 aliphatic rings. The molecule has 0 aromatic carbocycles. The van der Waals surface area contributed by atoms with Gasteiger partial charge in [0, 0.05) is 7.11 Å². The van der Waals surface area contributed by atoms with Gasteiger partial charge in [0.05, 0.1) is 6.61 Å². The molecule has 0 saturated heterocycles. The summed E-state index contributed by atoms with van der Waals surface area (Å²) in [5.41, 5.74) is 5.86. The molecule has 0 bridgehead atoms. The minimum Gasteiger partial charge on any atom is -0.381 e. The summed E-state index contributed by atoms with van der Waals surface area (Å²) in [6, 6.07) is 0. The van der Waals surface area contributed by atoms with E-state index >= 15 is 0 Å². The molecule has 0 radical (unpaired) electrons. The maximum absolute atomic E-state index is 5.05. The van der Waals surface area contributed by atoms with E-state index in [2.05, 4.69) is 58.9 Å². The van der Waals surface area contributed by atoms with E-state index in [1.54, 1.807) is 7.11 Å². The molecule has 1 heteroatoms. The second-order valence-electron chi connectivity index (χ2n) is 6.50. The molecule has 0 N–H and O–H groups in total. The number of allylic oxidation sites excluding steroid dienone is 7. The van der Waals surface area contributed by atoms with Gasteiger partial charge in [0.1, 0.15) is 0 Å². The Balaban J connectivity index is 3.94. The quantitative estimate of drug-likeness (QED) is 0.382. The number of rotatable bonds is 11. The Labute approximate surface area is 138 Å². The molecule has 0 aromatic heterocycles. The fourth-order valence-corrected chi connectivity index (χ4v) is 2.21. The van der Waals surface area contributed by atoms with Gasteiger partial charge in [-0.05, 0) is 73.1 Å². The number of hydrogen-bond acceptors (Lipinski definition) is 1. The summed E-state index contributed by atoms with van der Waals surface area (Å²) < 4.78 is 5.05. The fraction of sp³-hybridized carbons (Fsp3) is 0.619. The van der Waals surface area contributed by atoms with Crippen LogP contribution in [-0.2, 0) is 4.74 Å². The van der Waals surface area contributed by atoms with E-state index in [0.29, 0.717) is 0 Å². The normalized spacial score (nSPS) is 13.5. The van der Waals surface area contributed by atoms with Crippen LogP contribution in [0.25, 0.3) is 0 Å². The first-order chi connectivity index (χ1) is 10.5. The topological polar surface area (TPSA) is 9.23 Å². The average molecular weight is 305 g/mol. The van der Waals surface area contributed by atoms with Crippen molar-refractivity contribution in [2.24, 2.45) is 0 Å². The third-order valence-electron chi connectivity index (χ3n) is 3.75. The van der Waals surface area contributed by atoms with Gasteiger partial charge in [0.2, 0.25) is 0 Å². The lowest BCUT2D eigenvalue weighted by Crippen LogP contribution is -1.85. The summed E-state index contributed by atoms with van der Waals surface area (Å²) in [5.74, 6) is 0. The van der Waals surface area contributed by atoms with Crippen molar-refractivity contribution in [1.29, 1.82) is 0 Å². The van der Waals surface area contributed by atoms with Crippen LogP contribution in [0.3, 0.4) is 0 Å². The van der Waals surface area contributed by atoms with Crippen LogP contribution in [0.15, 0.2) is 46.6 Å². The molecule has 0 unspecified atom stereocenters. The van der Waals surface area contributed by atoms with Gasteiger partial charge in [-0.15, -0.1) is 0 Å². The van der Waals surface area contributed by atoms with Crippen LogP contribution in [0, 0.1) is 0 Å². The van der Waals surface area contributed by atoms with E-state index in [1.165, 1.54) is 48.0 Å². The molecular weight excluding hydrogens is 268 g/mol. The lowest BCUT2D eigenvalue weighted by molar-refractivity contribution is 0.233. The third-order valence-corrected chi connectivity index (χ3v) is 3.75. The van der Waals surface area contributed by atoms with Crippen LogP contribution in [-0.4, -0.2) is 13.7 Å². The van der Waals surface area contributed by atoms with Crippen molar-refractivity contribution in [3.05, 3.63) is 46.6 Å². The molecule has 0 amide bonds. The Kier molecular flexibility index (Phi) is 12.9. The van der Waals surface area contributed by atoms with Gasteiger partial charge in [-0.3, -0.25) is 0 Å². The van der Waals surface area contributed by atoms with Crippen LogP contribution in [0.4, 0.5) is 0 Å². The van der Waals surface area contributed by atoms with Crippen molar-refractivity contribution in [3.63, 3.8) is 0 Å². The van der Waals surface area contributed by atoms with Gasteiger partial charge in [-0.1, -0.05) is 46.6 Å². The molecule has 0 spiro atoms. The molecule has 0 fully saturated rings. The van der Waals surface area contributed by atoms with E-state index in [1.807, 2.05) is 0 Å². The summed E-state index contributed by atoms with van der Waals surface area (Å²) in [6.45, 7) is 11.7. The SMILES string of the molecule is COC/C=C(\C)CC/C=C(\C)CC/C=C(\C)CCC=C(C)C. The predicted octanol–water partition coefficient (Wildman–Crippen LogP) is 6.78. The van der Waals surface area contributed by atoms with Gasteiger partial charge in [0.25, 0.3) is 0 Å². The van der Waals surface area contributed by atoms with E-state index in [0.717, 1.165) is 19.4 Å². The van der Waals surface area contributed by atoms with Crippen molar-refractivity contribution in [1.82, 2.24) is 0 Å². The standard InChI is InChI=1S/C21H36O/c1-18(2)10-7-11-19(3)12-8-13-20(4)14-9-15-21(5)16-17-22-6/h10,12,14,16H,7-9,11,13,15,17H2,1-6H3/b19-12+,20-14+,21-16+. The Morgan fingerprint density at radius 1 is 0.636 bits per heavy atom. The maximum Gasteiger partial charge on any atom is 0.0646 e. The molecule has 0 atom stereocenters. The van der Waals surface area contributed by atoms with Crippen molar-refractivity contribution < 1.29 is 4.74 Å². The highest BCUT2D eigenvalue weighted by Crippen LogP contribution is 2.13. The fourth-order valence-electron chi connectivity index (χ4n) is 2.21. The Bertz CT molecular complexity index is 404. The number of methoxy groups -OCH3 is 1. The highest BCUT2D eigenvalue weighted by Gasteiger charge is 1.93. The lowest BCUT2D eigenvalue weighted by Gasteiger charge is -2.02. The zero-order valence-electron chi connectivity index (χ0n) is 15.7. The van der Waals surface area contributed by atoms with Crippen LogP contribution in [0.5, 0.6) is 0 Å². The summed E-state index contributed by atoms with van der Waals surface area (Å²) in [6.07, 6.45) is 16.3. The largest absolute Gasteiger partial charge is 0.381 e. The number of hydrogen-bond donors (Lipinski definition) is 0. The maximum atomic E-state index is 5.05. The van der Waals surface area contributed by atoms with Crippen LogP contribution < -0.4 is 0 Å². The van der Waals surface area contributed by atoms with Crippen LogP contribution >= 0.6 is 0 Å². The minimum atomic E-state index is 0.728. The number of ether oxygens (including phenoxy) is 1. The van der Waals surface area contributed by atoms with Gasteiger partial charge in [-0.25, -0.2) is 0 Å². The molecule has 22 heavy (non-hydrogen) atoms. The van der Waals surface area contributed by atoms with Gasteiger partial charge < -0.3 is 4.74 Å². The zero-order valence-corrected chi connectivity index (χ0v) is 15.7. The summed E-state index contributed by atoms with van der Waals surface area (Å²) in [5, 5.41) is 0. The summed E-state index contributed by atoms with van der Waals surface area (Å²) in [4.78, 5) is 0. The van der Waals surface area contributed by atoms with E-state index in [4.69, 9.17) is 4.74 Å². The molecule has 1 nitrogen and oxygen atoms in total. The molecule has 0 aliphatic carbocycles. The third kappa shape index (κ3) is 13.9. The van der Waals surface area contributed by atoms with Crippen molar-refractivity contribution in [2.75, 3.05) is 13.7 Å². The van der Waals surface area contributed by atoms with Crippen molar-refractivity contribution >= 4 is 0 Å². The van der Waals surface area contributed by atoms with Gasteiger partial charge in [-0.2, -0.15) is 0 Å². The van der Waals surface area contributed by atoms with Gasteiger partial charge in [0.15, 0.2) is 0 Å². The Morgan fingerprint density at radius 3 is 1.45 bits per heavy atom. The molecule has 0 heterocycles. The summed E-state index contributed by atoms with van der Waals surface area (Å²) >= 11 is 0. The van der Waals surface area contributed by atoms with E-state index in [-0.39, 0.29) is 0 Å². The van der Waals surface area contributed by atoms with Crippen molar-refractivity contribution in [2.45, 2.75) is 73.1 Å². The van der Waals surface area contributed by atoms with Gasteiger partial charge >= 0.3 is 0 Å². The molecular formula is C21H36O. The lowest BCUT2D eigenvalue weighted by atomic mass is 10.0. The highest BCUT2D eigenvalue weighted by atomic mass is 16.5. The molecule has 0 rings (SSSR count). The van der Waals surface area contributed by atoms with Crippen LogP contribution in [0.2, 0.25) is 0 Å². The first-order valence-electron chi connectivity index (χ1n) is 8.55. The highest BCUT2D eigenvalue weighted by molar-refractivity contribution is 5.07. The Morgan fingerprint density at radius 2 is 1.05 bits per heavy atom. The molecule has 0 aromatic rings. The van der Waals surface area contributed by atoms with E-state index < -0.39 is 0 Å². The monoisotopic (exact) mass is 304 g/mol.